The molecule has 1 aliphatic heterocycles. The summed E-state index contributed by atoms with van der Waals surface area (Å²) < 4.78 is 5.23. The molecule has 2 aromatic carbocycles. The lowest BCUT2D eigenvalue weighted by Crippen LogP contribution is -2.31. The predicted octanol–water partition coefficient (Wildman–Crippen LogP) is 4.86. The standard InChI is InChI=1S/C23H24ClN3O3S/c1-4-30-22(29)20-15(3)25-23(27-21(20)16-8-6-5-7-9-16)31-13-19(28)26-17-11-10-14(2)18(24)12-17/h5-12,21H,4,13H2,1-3H3,(H,25,27)(H,26,28)/t21-/m0/s1. The minimum Gasteiger partial charge on any atom is -0.463 e. The topological polar surface area (TPSA) is 79.8 Å². The molecule has 0 radical (unpaired) electrons. The lowest BCUT2D eigenvalue weighted by atomic mass is 9.97. The van der Waals surface area contributed by atoms with Gasteiger partial charge in [0.2, 0.25) is 5.91 Å². The zero-order valence-corrected chi connectivity index (χ0v) is 19.1. The molecule has 0 unspecified atom stereocenters. The molecule has 2 N–H and O–H groups in total. The Balaban J connectivity index is 1.73. The fourth-order valence-corrected chi connectivity index (χ4v) is 4.00. The Morgan fingerprint density at radius 3 is 2.61 bits per heavy atom. The van der Waals surface area contributed by atoms with Gasteiger partial charge < -0.3 is 15.4 Å². The van der Waals surface area contributed by atoms with Gasteiger partial charge >= 0.3 is 5.97 Å². The summed E-state index contributed by atoms with van der Waals surface area (Å²) in [7, 11) is 0. The summed E-state index contributed by atoms with van der Waals surface area (Å²) in [4.78, 5) is 29.6. The fourth-order valence-electron chi connectivity index (χ4n) is 3.07. The second kappa shape index (κ2) is 10.5. The lowest BCUT2D eigenvalue weighted by molar-refractivity contribution is -0.139. The van der Waals surface area contributed by atoms with E-state index >= 15 is 0 Å². The van der Waals surface area contributed by atoms with Gasteiger partial charge in [0, 0.05) is 16.4 Å². The molecule has 1 atom stereocenters. The number of thioether (sulfide) groups is 1. The number of allylic oxidation sites excluding steroid dienone is 1. The number of ether oxygens (including phenoxy) is 1. The van der Waals surface area contributed by atoms with Gasteiger partial charge in [0.25, 0.3) is 0 Å². The van der Waals surface area contributed by atoms with Gasteiger partial charge in [0.15, 0.2) is 5.17 Å². The van der Waals surface area contributed by atoms with Gasteiger partial charge in [-0.3, -0.25) is 4.79 Å². The number of halogens is 1. The van der Waals surface area contributed by atoms with E-state index in [1.54, 1.807) is 13.0 Å². The molecule has 3 rings (SSSR count). The van der Waals surface area contributed by atoms with E-state index in [4.69, 9.17) is 21.3 Å². The first-order chi connectivity index (χ1) is 14.9. The van der Waals surface area contributed by atoms with Crippen molar-refractivity contribution in [2.24, 2.45) is 4.99 Å². The number of carbonyl (C=O) groups excluding carboxylic acids is 2. The summed E-state index contributed by atoms with van der Waals surface area (Å²) in [5.74, 6) is -0.424. The molecule has 1 aliphatic rings. The van der Waals surface area contributed by atoms with Crippen LogP contribution in [0.3, 0.4) is 0 Å². The number of nitrogens with zero attached hydrogens (tertiary/aromatic N) is 1. The quantitative estimate of drug-likeness (QED) is 0.605. The normalized spacial score (nSPS) is 15.7. The van der Waals surface area contributed by atoms with Crippen molar-refractivity contribution in [2.45, 2.75) is 26.8 Å². The van der Waals surface area contributed by atoms with Crippen molar-refractivity contribution >= 4 is 46.1 Å². The van der Waals surface area contributed by atoms with Crippen LogP contribution in [-0.4, -0.2) is 29.4 Å². The summed E-state index contributed by atoms with van der Waals surface area (Å²) in [5.41, 5.74) is 3.60. The number of aliphatic imine (C=N–C) groups is 1. The maximum Gasteiger partial charge on any atom is 0.338 e. The third-order valence-electron chi connectivity index (χ3n) is 4.62. The lowest BCUT2D eigenvalue weighted by Gasteiger charge is -2.25. The monoisotopic (exact) mass is 457 g/mol. The highest BCUT2D eigenvalue weighted by atomic mass is 35.5. The average molecular weight is 458 g/mol. The van der Waals surface area contributed by atoms with Gasteiger partial charge in [-0.25, -0.2) is 9.79 Å². The maximum atomic E-state index is 12.5. The highest BCUT2D eigenvalue weighted by molar-refractivity contribution is 8.14. The predicted molar refractivity (Wildman–Crippen MR) is 126 cm³/mol. The van der Waals surface area contributed by atoms with Gasteiger partial charge in [-0.1, -0.05) is 59.8 Å². The number of aryl methyl sites for hydroxylation is 1. The Labute approximate surface area is 191 Å². The second-order valence-electron chi connectivity index (χ2n) is 6.93. The van der Waals surface area contributed by atoms with Crippen LogP contribution in [0.1, 0.15) is 31.0 Å². The number of benzene rings is 2. The van der Waals surface area contributed by atoms with E-state index in [9.17, 15) is 9.59 Å². The van der Waals surface area contributed by atoms with Gasteiger partial charge in [-0.05, 0) is 44.0 Å². The average Bonchev–Trinajstić information content (AvgIpc) is 2.75. The minimum atomic E-state index is -0.497. The van der Waals surface area contributed by atoms with Crippen molar-refractivity contribution in [3.05, 3.63) is 76.0 Å². The number of rotatable bonds is 6. The van der Waals surface area contributed by atoms with Crippen LogP contribution in [0.5, 0.6) is 0 Å². The molecular weight excluding hydrogens is 434 g/mol. The maximum absolute atomic E-state index is 12.5. The van der Waals surface area contributed by atoms with Crippen LogP contribution < -0.4 is 10.6 Å². The minimum absolute atomic E-state index is 0.154. The Hall–Kier alpha value is -2.77. The van der Waals surface area contributed by atoms with E-state index in [1.807, 2.05) is 56.3 Å². The Kier molecular flexibility index (Phi) is 7.76. The first-order valence-electron chi connectivity index (χ1n) is 9.85. The van der Waals surface area contributed by atoms with Crippen molar-refractivity contribution in [1.82, 2.24) is 5.32 Å². The van der Waals surface area contributed by atoms with Crippen LogP contribution in [0.25, 0.3) is 0 Å². The molecule has 2 aromatic rings. The molecule has 6 nitrogen and oxygen atoms in total. The number of amidine groups is 1. The molecule has 0 saturated carbocycles. The van der Waals surface area contributed by atoms with Crippen LogP contribution >= 0.6 is 23.4 Å². The molecule has 0 fully saturated rings. The number of carbonyl (C=O) groups is 2. The van der Waals surface area contributed by atoms with Crippen molar-refractivity contribution in [3.63, 3.8) is 0 Å². The summed E-state index contributed by atoms with van der Waals surface area (Å²) >= 11 is 7.39. The Morgan fingerprint density at radius 1 is 1.19 bits per heavy atom. The summed E-state index contributed by atoms with van der Waals surface area (Å²) in [6.45, 7) is 5.77. The number of amides is 1. The Morgan fingerprint density at radius 2 is 1.94 bits per heavy atom. The van der Waals surface area contributed by atoms with E-state index in [0.29, 0.717) is 27.1 Å². The van der Waals surface area contributed by atoms with Gasteiger partial charge in [0.1, 0.15) is 6.04 Å². The van der Waals surface area contributed by atoms with E-state index in [0.717, 1.165) is 11.1 Å². The summed E-state index contributed by atoms with van der Waals surface area (Å²) in [5, 5.41) is 7.13. The fraction of sp³-hybridized carbons (Fsp3) is 0.261. The number of hydrogen-bond acceptors (Lipinski definition) is 6. The SMILES string of the molecule is CCOC(=O)C1=C(C)NC(SCC(=O)Nc2ccc(C)c(Cl)c2)=N[C@H]1c1ccccc1. The third-order valence-corrected chi connectivity index (χ3v) is 5.92. The first-order valence-corrected chi connectivity index (χ1v) is 11.2. The van der Waals surface area contributed by atoms with E-state index in [1.165, 1.54) is 11.8 Å². The van der Waals surface area contributed by atoms with E-state index < -0.39 is 12.0 Å². The molecule has 0 aromatic heterocycles. The number of nitrogens with one attached hydrogen (secondary N) is 2. The highest BCUT2D eigenvalue weighted by Gasteiger charge is 2.30. The van der Waals surface area contributed by atoms with Crippen LogP contribution in [0.15, 0.2) is 64.8 Å². The smallest absolute Gasteiger partial charge is 0.338 e. The molecule has 162 valence electrons. The van der Waals surface area contributed by atoms with Gasteiger partial charge in [0.05, 0.1) is 17.9 Å². The van der Waals surface area contributed by atoms with Crippen molar-refractivity contribution in [2.75, 3.05) is 17.7 Å². The highest BCUT2D eigenvalue weighted by Crippen LogP contribution is 2.32. The molecule has 1 heterocycles. The van der Waals surface area contributed by atoms with Gasteiger partial charge in [-0.15, -0.1) is 0 Å². The van der Waals surface area contributed by atoms with Crippen molar-refractivity contribution < 1.29 is 14.3 Å². The van der Waals surface area contributed by atoms with Crippen LogP contribution in [-0.2, 0) is 14.3 Å². The second-order valence-corrected chi connectivity index (χ2v) is 8.30. The molecule has 0 bridgehead atoms. The molecular formula is C23H24ClN3O3S. The van der Waals surface area contributed by atoms with E-state index in [2.05, 4.69) is 10.6 Å². The zero-order valence-electron chi connectivity index (χ0n) is 17.6. The molecule has 0 spiro atoms. The number of anilines is 1. The number of hydrogen-bond donors (Lipinski definition) is 2. The molecule has 31 heavy (non-hydrogen) atoms. The molecule has 0 aliphatic carbocycles. The molecule has 1 amide bonds. The molecule has 0 saturated heterocycles. The van der Waals surface area contributed by atoms with Gasteiger partial charge in [-0.2, -0.15) is 0 Å². The largest absolute Gasteiger partial charge is 0.463 e. The van der Waals surface area contributed by atoms with Crippen LogP contribution in [0, 0.1) is 6.92 Å². The first kappa shape index (κ1) is 22.9. The Bertz CT molecular complexity index is 1040. The van der Waals surface area contributed by atoms with E-state index in [-0.39, 0.29) is 18.3 Å². The summed E-state index contributed by atoms with van der Waals surface area (Å²) in [6, 6.07) is 14.4. The zero-order chi connectivity index (χ0) is 22.4. The van der Waals surface area contributed by atoms with Crippen molar-refractivity contribution in [3.8, 4) is 0 Å². The third kappa shape index (κ3) is 5.89. The van der Waals surface area contributed by atoms with Crippen molar-refractivity contribution in [1.29, 1.82) is 0 Å². The molecule has 8 heteroatoms. The van der Waals surface area contributed by atoms with Crippen LogP contribution in [0.4, 0.5) is 5.69 Å². The summed E-state index contributed by atoms with van der Waals surface area (Å²) in [6.07, 6.45) is 0. The number of esters is 1. The van der Waals surface area contributed by atoms with Crippen LogP contribution in [0.2, 0.25) is 5.02 Å².